The van der Waals surface area contributed by atoms with Crippen molar-refractivity contribution in [2.45, 2.75) is 31.7 Å². The van der Waals surface area contributed by atoms with Gasteiger partial charge in [0.1, 0.15) is 0 Å². The van der Waals surface area contributed by atoms with Gasteiger partial charge in [0.25, 0.3) is 0 Å². The Labute approximate surface area is 104 Å². The summed E-state index contributed by atoms with van der Waals surface area (Å²) in [6.07, 6.45) is 5.17. The SMILES string of the molecule is c1ccc2c(c1)CCN(CC1CCCN1)CC2. The molecule has 92 valence electrons. The fourth-order valence-corrected chi connectivity index (χ4v) is 3.12. The zero-order valence-corrected chi connectivity index (χ0v) is 10.5. The number of hydrogen-bond donors (Lipinski definition) is 1. The van der Waals surface area contributed by atoms with Crippen molar-refractivity contribution in [1.82, 2.24) is 10.2 Å². The van der Waals surface area contributed by atoms with E-state index in [-0.39, 0.29) is 0 Å². The highest BCUT2D eigenvalue weighted by Gasteiger charge is 2.19. The van der Waals surface area contributed by atoms with Crippen LogP contribution in [0.2, 0.25) is 0 Å². The van der Waals surface area contributed by atoms with Crippen molar-refractivity contribution >= 4 is 0 Å². The van der Waals surface area contributed by atoms with Gasteiger partial charge in [-0.05, 0) is 43.4 Å². The van der Waals surface area contributed by atoms with Crippen LogP contribution in [-0.2, 0) is 12.8 Å². The Morgan fingerprint density at radius 2 is 1.82 bits per heavy atom. The summed E-state index contributed by atoms with van der Waals surface area (Å²) in [6.45, 7) is 4.93. The Hall–Kier alpha value is -0.860. The maximum atomic E-state index is 3.60. The molecule has 0 spiro atoms. The number of nitrogens with zero attached hydrogens (tertiary/aromatic N) is 1. The lowest BCUT2D eigenvalue weighted by Gasteiger charge is -2.23. The molecule has 2 nitrogen and oxygen atoms in total. The van der Waals surface area contributed by atoms with Gasteiger partial charge in [0, 0.05) is 25.7 Å². The third kappa shape index (κ3) is 2.70. The number of hydrogen-bond acceptors (Lipinski definition) is 2. The molecule has 1 aromatic carbocycles. The predicted molar refractivity (Wildman–Crippen MR) is 71.3 cm³/mol. The minimum absolute atomic E-state index is 0.746. The molecule has 1 unspecified atom stereocenters. The van der Waals surface area contributed by atoms with E-state index in [9.17, 15) is 0 Å². The van der Waals surface area contributed by atoms with E-state index >= 15 is 0 Å². The standard InChI is InChI=1S/C15H22N2/c1-2-5-14-8-11-17(10-7-13(14)4-1)12-15-6-3-9-16-15/h1-2,4-5,15-16H,3,6-12H2. The van der Waals surface area contributed by atoms with Crippen LogP contribution in [-0.4, -0.2) is 37.1 Å². The average Bonchev–Trinajstić information content (AvgIpc) is 2.78. The molecule has 2 aliphatic rings. The van der Waals surface area contributed by atoms with Gasteiger partial charge in [0.2, 0.25) is 0 Å². The van der Waals surface area contributed by atoms with Crippen LogP contribution in [0.3, 0.4) is 0 Å². The summed E-state index contributed by atoms with van der Waals surface area (Å²) < 4.78 is 0. The van der Waals surface area contributed by atoms with Crippen LogP contribution < -0.4 is 5.32 Å². The first-order valence-electron chi connectivity index (χ1n) is 6.94. The minimum atomic E-state index is 0.746. The van der Waals surface area contributed by atoms with Crippen molar-refractivity contribution in [2.75, 3.05) is 26.2 Å². The van der Waals surface area contributed by atoms with Gasteiger partial charge in [-0.15, -0.1) is 0 Å². The zero-order chi connectivity index (χ0) is 11.5. The van der Waals surface area contributed by atoms with Crippen molar-refractivity contribution in [3.63, 3.8) is 0 Å². The molecular weight excluding hydrogens is 208 g/mol. The quantitative estimate of drug-likeness (QED) is 0.834. The zero-order valence-electron chi connectivity index (χ0n) is 10.5. The van der Waals surface area contributed by atoms with Crippen LogP contribution in [0, 0.1) is 0 Å². The predicted octanol–water partition coefficient (Wildman–Crippen LogP) is 1.84. The topological polar surface area (TPSA) is 15.3 Å². The van der Waals surface area contributed by atoms with E-state index in [1.165, 1.54) is 51.9 Å². The first-order valence-corrected chi connectivity index (χ1v) is 6.94. The number of rotatable bonds is 2. The molecule has 1 atom stereocenters. The Balaban J connectivity index is 1.60. The molecule has 2 aliphatic heterocycles. The Morgan fingerprint density at radius 3 is 2.41 bits per heavy atom. The summed E-state index contributed by atoms with van der Waals surface area (Å²) in [4.78, 5) is 2.64. The Morgan fingerprint density at radius 1 is 1.12 bits per heavy atom. The van der Waals surface area contributed by atoms with Crippen LogP contribution >= 0.6 is 0 Å². The molecular formula is C15H22N2. The van der Waals surface area contributed by atoms with E-state index in [4.69, 9.17) is 0 Å². The lowest BCUT2D eigenvalue weighted by molar-refractivity contribution is 0.260. The molecule has 0 aliphatic carbocycles. The van der Waals surface area contributed by atoms with Gasteiger partial charge in [-0.3, -0.25) is 0 Å². The normalized spacial score (nSPS) is 25.5. The summed E-state index contributed by atoms with van der Waals surface area (Å²) in [5, 5.41) is 3.60. The monoisotopic (exact) mass is 230 g/mol. The number of nitrogens with one attached hydrogen (secondary N) is 1. The first-order chi connectivity index (χ1) is 8.42. The Bertz CT molecular complexity index is 342. The second kappa shape index (κ2) is 5.19. The maximum Gasteiger partial charge on any atom is 0.0195 e. The lowest BCUT2D eigenvalue weighted by atomic mass is 10.0. The minimum Gasteiger partial charge on any atom is -0.313 e. The van der Waals surface area contributed by atoms with Crippen molar-refractivity contribution in [3.05, 3.63) is 35.4 Å². The van der Waals surface area contributed by atoms with Gasteiger partial charge in [0.05, 0.1) is 0 Å². The van der Waals surface area contributed by atoms with Crippen LogP contribution in [0.1, 0.15) is 24.0 Å². The molecule has 1 N–H and O–H groups in total. The second-order valence-corrected chi connectivity index (χ2v) is 5.36. The molecule has 17 heavy (non-hydrogen) atoms. The Kier molecular flexibility index (Phi) is 3.44. The van der Waals surface area contributed by atoms with E-state index < -0.39 is 0 Å². The van der Waals surface area contributed by atoms with E-state index in [0.29, 0.717) is 0 Å². The van der Waals surface area contributed by atoms with Gasteiger partial charge in [-0.1, -0.05) is 24.3 Å². The summed E-state index contributed by atoms with van der Waals surface area (Å²) in [7, 11) is 0. The molecule has 1 saturated heterocycles. The highest BCUT2D eigenvalue weighted by molar-refractivity contribution is 5.28. The summed E-state index contributed by atoms with van der Waals surface area (Å²) >= 11 is 0. The lowest BCUT2D eigenvalue weighted by Crippen LogP contribution is -2.38. The average molecular weight is 230 g/mol. The third-order valence-corrected chi connectivity index (χ3v) is 4.15. The highest BCUT2D eigenvalue weighted by Crippen LogP contribution is 2.16. The highest BCUT2D eigenvalue weighted by atomic mass is 15.2. The summed E-state index contributed by atoms with van der Waals surface area (Å²) in [5.41, 5.74) is 3.13. The first kappa shape index (κ1) is 11.2. The number of benzene rings is 1. The molecule has 0 bridgehead atoms. The molecule has 2 heterocycles. The van der Waals surface area contributed by atoms with E-state index in [2.05, 4.69) is 34.5 Å². The van der Waals surface area contributed by atoms with E-state index in [0.717, 1.165) is 6.04 Å². The summed E-state index contributed by atoms with van der Waals surface area (Å²) in [6, 6.07) is 9.69. The van der Waals surface area contributed by atoms with Crippen molar-refractivity contribution < 1.29 is 0 Å². The number of fused-ring (bicyclic) bond motifs is 1. The van der Waals surface area contributed by atoms with Crippen molar-refractivity contribution in [3.8, 4) is 0 Å². The second-order valence-electron chi connectivity index (χ2n) is 5.36. The molecule has 3 rings (SSSR count). The van der Waals surface area contributed by atoms with Gasteiger partial charge in [0.15, 0.2) is 0 Å². The molecule has 0 radical (unpaired) electrons. The molecule has 0 amide bonds. The molecule has 0 saturated carbocycles. The van der Waals surface area contributed by atoms with Gasteiger partial charge in [-0.25, -0.2) is 0 Å². The molecule has 0 aromatic heterocycles. The van der Waals surface area contributed by atoms with Crippen LogP contribution in [0.4, 0.5) is 0 Å². The van der Waals surface area contributed by atoms with Crippen LogP contribution in [0.15, 0.2) is 24.3 Å². The van der Waals surface area contributed by atoms with Crippen LogP contribution in [0.5, 0.6) is 0 Å². The van der Waals surface area contributed by atoms with Crippen molar-refractivity contribution in [1.29, 1.82) is 0 Å². The fraction of sp³-hybridized carbons (Fsp3) is 0.600. The largest absolute Gasteiger partial charge is 0.313 e. The molecule has 1 fully saturated rings. The van der Waals surface area contributed by atoms with Crippen molar-refractivity contribution in [2.24, 2.45) is 0 Å². The maximum absolute atomic E-state index is 3.60. The van der Waals surface area contributed by atoms with Gasteiger partial charge >= 0.3 is 0 Å². The van der Waals surface area contributed by atoms with E-state index in [1.807, 2.05) is 0 Å². The smallest absolute Gasteiger partial charge is 0.0195 e. The molecule has 1 aromatic rings. The third-order valence-electron chi connectivity index (χ3n) is 4.15. The summed E-state index contributed by atoms with van der Waals surface area (Å²) in [5.74, 6) is 0. The van der Waals surface area contributed by atoms with E-state index in [1.54, 1.807) is 11.1 Å². The van der Waals surface area contributed by atoms with Gasteiger partial charge < -0.3 is 10.2 Å². The fourth-order valence-electron chi connectivity index (χ4n) is 3.12. The molecule has 2 heteroatoms. The van der Waals surface area contributed by atoms with Gasteiger partial charge in [-0.2, -0.15) is 0 Å². The van der Waals surface area contributed by atoms with Crippen LogP contribution in [0.25, 0.3) is 0 Å².